The molecule has 0 fully saturated rings. The molecular weight excluding hydrogens is 162 g/mol. The van der Waals surface area contributed by atoms with E-state index in [1.54, 1.807) is 0 Å². The van der Waals surface area contributed by atoms with Crippen molar-refractivity contribution < 1.29 is 0 Å². The predicted molar refractivity (Wildman–Crippen MR) is 54.1 cm³/mol. The first-order valence-corrected chi connectivity index (χ1v) is 4.57. The van der Waals surface area contributed by atoms with Gasteiger partial charge >= 0.3 is 0 Å². The van der Waals surface area contributed by atoms with E-state index >= 15 is 0 Å². The van der Waals surface area contributed by atoms with E-state index in [4.69, 9.17) is 0 Å². The van der Waals surface area contributed by atoms with Crippen LogP contribution in [0.15, 0.2) is 24.6 Å². The van der Waals surface area contributed by atoms with Gasteiger partial charge in [-0.15, -0.1) is 0 Å². The van der Waals surface area contributed by atoms with Gasteiger partial charge < -0.3 is 0 Å². The van der Waals surface area contributed by atoms with Crippen LogP contribution in [0.5, 0.6) is 0 Å². The number of nitrogens with zero attached hydrogens (tertiary/aromatic N) is 2. The van der Waals surface area contributed by atoms with Crippen LogP contribution in [-0.2, 0) is 0 Å². The van der Waals surface area contributed by atoms with Crippen LogP contribution in [0.4, 0.5) is 0 Å². The molecule has 0 aliphatic carbocycles. The molecule has 3 nitrogen and oxygen atoms in total. The van der Waals surface area contributed by atoms with Crippen molar-refractivity contribution in [1.82, 2.24) is 15.2 Å². The predicted octanol–water partition coefficient (Wildman–Crippen LogP) is 2.56. The number of aromatic amines is 1. The summed E-state index contributed by atoms with van der Waals surface area (Å²) in [5, 5.41) is 6.64. The van der Waals surface area contributed by atoms with Gasteiger partial charge in [-0.3, -0.25) is 5.10 Å². The number of H-pyrrole nitrogens is 1. The highest BCUT2D eigenvalue weighted by Gasteiger charge is 1.97. The lowest BCUT2D eigenvalue weighted by Crippen LogP contribution is -1.83. The normalized spacial score (nSPS) is 12.6. The number of allylic oxidation sites excluding steroid dienone is 4. The summed E-state index contributed by atoms with van der Waals surface area (Å²) >= 11 is 0. The minimum absolute atomic E-state index is 0.829. The molecule has 70 valence electrons. The fourth-order valence-corrected chi connectivity index (χ4v) is 1.03. The number of aromatic nitrogens is 3. The maximum absolute atomic E-state index is 4.08. The smallest absolute Gasteiger partial charge is 0.155 e. The van der Waals surface area contributed by atoms with Gasteiger partial charge in [0.2, 0.25) is 0 Å². The number of nitrogens with one attached hydrogen (secondary N) is 1. The van der Waals surface area contributed by atoms with Crippen LogP contribution in [0.3, 0.4) is 0 Å². The topological polar surface area (TPSA) is 41.6 Å². The second kappa shape index (κ2) is 5.30. The molecule has 0 amide bonds. The molecule has 0 unspecified atom stereocenters. The molecule has 1 heterocycles. The Morgan fingerprint density at radius 3 is 3.00 bits per heavy atom. The van der Waals surface area contributed by atoms with Gasteiger partial charge in [-0.25, -0.2) is 4.98 Å². The SMILES string of the molecule is C/C=C(\C=C/CCC)c1ncn[nH]1. The molecule has 0 saturated carbocycles. The molecule has 0 bridgehead atoms. The third-order valence-corrected chi connectivity index (χ3v) is 1.75. The summed E-state index contributed by atoms with van der Waals surface area (Å²) in [5.74, 6) is 0.829. The van der Waals surface area contributed by atoms with Crippen molar-refractivity contribution >= 4 is 5.57 Å². The Hall–Kier alpha value is -1.38. The van der Waals surface area contributed by atoms with Crippen molar-refractivity contribution in [1.29, 1.82) is 0 Å². The molecule has 0 radical (unpaired) electrons. The van der Waals surface area contributed by atoms with E-state index < -0.39 is 0 Å². The minimum atomic E-state index is 0.829. The molecule has 0 atom stereocenters. The Labute approximate surface area is 78.6 Å². The van der Waals surface area contributed by atoms with E-state index in [1.807, 2.05) is 13.0 Å². The van der Waals surface area contributed by atoms with Crippen molar-refractivity contribution in [2.24, 2.45) is 0 Å². The van der Waals surface area contributed by atoms with E-state index in [0.29, 0.717) is 0 Å². The number of hydrogen-bond donors (Lipinski definition) is 1. The zero-order valence-corrected chi connectivity index (χ0v) is 8.12. The first-order valence-electron chi connectivity index (χ1n) is 4.57. The van der Waals surface area contributed by atoms with Crippen LogP contribution in [0.1, 0.15) is 32.5 Å². The average Bonchev–Trinajstić information content (AvgIpc) is 2.65. The van der Waals surface area contributed by atoms with E-state index in [0.717, 1.165) is 17.8 Å². The molecule has 0 aliphatic heterocycles. The Morgan fingerprint density at radius 2 is 2.46 bits per heavy atom. The van der Waals surface area contributed by atoms with Crippen LogP contribution in [0.25, 0.3) is 5.57 Å². The second-order valence-electron chi connectivity index (χ2n) is 2.77. The number of hydrogen-bond acceptors (Lipinski definition) is 2. The zero-order chi connectivity index (χ0) is 9.52. The first kappa shape index (κ1) is 9.71. The van der Waals surface area contributed by atoms with Crippen molar-refractivity contribution in [3.8, 4) is 0 Å². The quantitative estimate of drug-likeness (QED) is 0.718. The summed E-state index contributed by atoms with van der Waals surface area (Å²) in [5.41, 5.74) is 1.09. The fraction of sp³-hybridized carbons (Fsp3) is 0.400. The highest BCUT2D eigenvalue weighted by Crippen LogP contribution is 2.09. The van der Waals surface area contributed by atoms with Gasteiger partial charge in [0.05, 0.1) is 0 Å². The molecule has 1 N–H and O–H groups in total. The van der Waals surface area contributed by atoms with Crippen molar-refractivity contribution in [3.63, 3.8) is 0 Å². The van der Waals surface area contributed by atoms with Crippen molar-refractivity contribution in [3.05, 3.63) is 30.4 Å². The summed E-state index contributed by atoms with van der Waals surface area (Å²) < 4.78 is 0. The molecule has 1 rings (SSSR count). The van der Waals surface area contributed by atoms with Crippen molar-refractivity contribution in [2.45, 2.75) is 26.7 Å². The molecule has 1 aromatic rings. The highest BCUT2D eigenvalue weighted by molar-refractivity contribution is 5.68. The highest BCUT2D eigenvalue weighted by atomic mass is 15.2. The molecule has 0 spiro atoms. The molecule has 0 aliphatic rings. The van der Waals surface area contributed by atoms with E-state index in [2.05, 4.69) is 34.3 Å². The molecule has 13 heavy (non-hydrogen) atoms. The van der Waals surface area contributed by atoms with Gasteiger partial charge in [-0.05, 0) is 13.3 Å². The second-order valence-corrected chi connectivity index (χ2v) is 2.77. The largest absolute Gasteiger partial charge is 0.259 e. The molecular formula is C10H15N3. The number of rotatable bonds is 4. The lowest BCUT2D eigenvalue weighted by Gasteiger charge is -1.94. The standard InChI is InChI=1S/C10H15N3/c1-3-5-6-7-9(4-2)10-11-8-12-13-10/h4,6-8H,3,5H2,1-2H3,(H,11,12,13)/b7-6-,9-4+. The van der Waals surface area contributed by atoms with E-state index in [-0.39, 0.29) is 0 Å². The Bertz CT molecular complexity index is 283. The zero-order valence-electron chi connectivity index (χ0n) is 8.12. The van der Waals surface area contributed by atoms with Crippen LogP contribution in [-0.4, -0.2) is 15.2 Å². The van der Waals surface area contributed by atoms with Gasteiger partial charge in [0.25, 0.3) is 0 Å². The molecule has 0 saturated heterocycles. The van der Waals surface area contributed by atoms with Gasteiger partial charge in [0, 0.05) is 5.57 Å². The van der Waals surface area contributed by atoms with Crippen LogP contribution in [0, 0.1) is 0 Å². The Kier molecular flexibility index (Phi) is 3.96. The monoisotopic (exact) mass is 177 g/mol. The van der Waals surface area contributed by atoms with Gasteiger partial charge in [0.1, 0.15) is 6.33 Å². The van der Waals surface area contributed by atoms with E-state index in [9.17, 15) is 0 Å². The van der Waals surface area contributed by atoms with Crippen LogP contribution in [0.2, 0.25) is 0 Å². The summed E-state index contributed by atoms with van der Waals surface area (Å²) in [6, 6.07) is 0. The van der Waals surface area contributed by atoms with Crippen LogP contribution >= 0.6 is 0 Å². The van der Waals surface area contributed by atoms with E-state index in [1.165, 1.54) is 12.7 Å². The van der Waals surface area contributed by atoms with Gasteiger partial charge in [0.15, 0.2) is 5.82 Å². The van der Waals surface area contributed by atoms with Crippen molar-refractivity contribution in [2.75, 3.05) is 0 Å². The number of unbranched alkanes of at least 4 members (excludes halogenated alkanes) is 1. The Balaban J connectivity index is 2.65. The average molecular weight is 177 g/mol. The fourth-order valence-electron chi connectivity index (χ4n) is 1.03. The minimum Gasteiger partial charge on any atom is -0.259 e. The maximum atomic E-state index is 4.08. The Morgan fingerprint density at radius 1 is 1.62 bits per heavy atom. The molecule has 1 aromatic heterocycles. The first-order chi connectivity index (χ1) is 6.38. The van der Waals surface area contributed by atoms with Gasteiger partial charge in [-0.2, -0.15) is 5.10 Å². The van der Waals surface area contributed by atoms with Gasteiger partial charge in [-0.1, -0.05) is 31.6 Å². The summed E-state index contributed by atoms with van der Waals surface area (Å²) in [6.07, 6.45) is 10.0. The summed E-state index contributed by atoms with van der Waals surface area (Å²) in [7, 11) is 0. The molecule has 3 heteroatoms. The third-order valence-electron chi connectivity index (χ3n) is 1.75. The summed E-state index contributed by atoms with van der Waals surface area (Å²) in [4.78, 5) is 4.08. The molecule has 0 aromatic carbocycles. The lowest BCUT2D eigenvalue weighted by molar-refractivity contribution is 0.958. The maximum Gasteiger partial charge on any atom is 0.155 e. The van der Waals surface area contributed by atoms with Crippen LogP contribution < -0.4 is 0 Å². The summed E-state index contributed by atoms with van der Waals surface area (Å²) in [6.45, 7) is 4.16. The lowest BCUT2D eigenvalue weighted by atomic mass is 10.2. The third kappa shape index (κ3) is 2.86.